The minimum Gasteiger partial charge on any atom is -0.306 e. The van der Waals surface area contributed by atoms with Gasteiger partial charge in [0.1, 0.15) is 5.01 Å². The second kappa shape index (κ2) is 5.94. The lowest BCUT2D eigenvalue weighted by molar-refractivity contribution is 0.135. The van der Waals surface area contributed by atoms with Crippen molar-refractivity contribution in [3.63, 3.8) is 0 Å². The molecule has 0 radical (unpaired) electrons. The van der Waals surface area contributed by atoms with Crippen LogP contribution in [0.1, 0.15) is 38.1 Å². The SMILES string of the molecule is CCCN1CCC(NCC)(c2nccs2)CC1. The minimum atomic E-state index is 0.146. The lowest BCUT2D eigenvalue weighted by atomic mass is 9.88. The van der Waals surface area contributed by atoms with Gasteiger partial charge < -0.3 is 10.2 Å². The third-order valence-corrected chi connectivity index (χ3v) is 4.58. The van der Waals surface area contributed by atoms with E-state index in [2.05, 4.69) is 34.4 Å². The molecule has 0 bridgehead atoms. The largest absolute Gasteiger partial charge is 0.306 e. The van der Waals surface area contributed by atoms with Crippen molar-refractivity contribution in [2.75, 3.05) is 26.2 Å². The molecule has 0 aliphatic carbocycles. The van der Waals surface area contributed by atoms with E-state index in [9.17, 15) is 0 Å². The highest BCUT2D eigenvalue weighted by molar-refractivity contribution is 7.09. The summed E-state index contributed by atoms with van der Waals surface area (Å²) in [5, 5.41) is 7.05. The van der Waals surface area contributed by atoms with Gasteiger partial charge in [0.25, 0.3) is 0 Å². The Labute approximate surface area is 108 Å². The molecule has 0 aromatic carbocycles. The van der Waals surface area contributed by atoms with Gasteiger partial charge in [-0.05, 0) is 32.4 Å². The van der Waals surface area contributed by atoms with E-state index in [1.54, 1.807) is 11.3 Å². The van der Waals surface area contributed by atoms with Crippen LogP contribution in [0.15, 0.2) is 11.6 Å². The van der Waals surface area contributed by atoms with Crippen molar-refractivity contribution in [2.24, 2.45) is 0 Å². The number of hydrogen-bond acceptors (Lipinski definition) is 4. The first-order chi connectivity index (χ1) is 8.30. The number of thiazole rings is 1. The Morgan fingerprint density at radius 2 is 2.18 bits per heavy atom. The summed E-state index contributed by atoms with van der Waals surface area (Å²) in [6, 6.07) is 0. The van der Waals surface area contributed by atoms with Crippen molar-refractivity contribution in [1.82, 2.24) is 15.2 Å². The van der Waals surface area contributed by atoms with Crippen molar-refractivity contribution >= 4 is 11.3 Å². The molecule has 1 fully saturated rings. The van der Waals surface area contributed by atoms with Crippen LogP contribution in [0.5, 0.6) is 0 Å². The average Bonchev–Trinajstić information content (AvgIpc) is 2.87. The van der Waals surface area contributed by atoms with Gasteiger partial charge in [-0.15, -0.1) is 11.3 Å². The number of rotatable bonds is 5. The van der Waals surface area contributed by atoms with Crippen molar-refractivity contribution in [3.05, 3.63) is 16.6 Å². The predicted molar refractivity (Wildman–Crippen MR) is 73.4 cm³/mol. The number of piperidine rings is 1. The molecule has 96 valence electrons. The average molecular weight is 253 g/mol. The number of hydrogen-bond donors (Lipinski definition) is 1. The van der Waals surface area contributed by atoms with Gasteiger partial charge in [-0.1, -0.05) is 13.8 Å². The lowest BCUT2D eigenvalue weighted by Gasteiger charge is -2.41. The number of nitrogens with zero attached hydrogens (tertiary/aromatic N) is 2. The van der Waals surface area contributed by atoms with Crippen molar-refractivity contribution in [2.45, 2.75) is 38.6 Å². The Hall–Kier alpha value is -0.450. The van der Waals surface area contributed by atoms with E-state index in [1.807, 2.05) is 6.20 Å². The molecule has 2 rings (SSSR count). The fraction of sp³-hybridized carbons (Fsp3) is 0.769. The maximum atomic E-state index is 4.54. The topological polar surface area (TPSA) is 28.2 Å². The van der Waals surface area contributed by atoms with Gasteiger partial charge >= 0.3 is 0 Å². The molecule has 3 nitrogen and oxygen atoms in total. The van der Waals surface area contributed by atoms with E-state index in [-0.39, 0.29) is 5.54 Å². The van der Waals surface area contributed by atoms with Crippen LogP contribution in [0.25, 0.3) is 0 Å². The second-order valence-corrected chi connectivity index (χ2v) is 5.69. The summed E-state index contributed by atoms with van der Waals surface area (Å²) >= 11 is 1.79. The van der Waals surface area contributed by atoms with Gasteiger partial charge in [0.05, 0.1) is 5.54 Å². The summed E-state index contributed by atoms with van der Waals surface area (Å²) in [5.74, 6) is 0. The number of aromatic nitrogens is 1. The van der Waals surface area contributed by atoms with Crippen LogP contribution in [0.3, 0.4) is 0 Å². The maximum Gasteiger partial charge on any atom is 0.113 e. The summed E-state index contributed by atoms with van der Waals surface area (Å²) in [6.07, 6.45) is 5.56. The van der Waals surface area contributed by atoms with E-state index >= 15 is 0 Å². The van der Waals surface area contributed by atoms with Gasteiger partial charge in [-0.2, -0.15) is 0 Å². The van der Waals surface area contributed by atoms with Crippen LogP contribution >= 0.6 is 11.3 Å². The minimum absolute atomic E-state index is 0.146. The third-order valence-electron chi connectivity index (χ3n) is 3.61. The van der Waals surface area contributed by atoms with Gasteiger partial charge in [-0.3, -0.25) is 0 Å². The standard InChI is InChI=1S/C13H23N3S/c1-3-8-16-9-5-13(6-10-16,15-4-2)12-14-7-11-17-12/h7,11,15H,3-6,8-10H2,1-2H3. The van der Waals surface area contributed by atoms with Crippen LogP contribution in [-0.4, -0.2) is 36.1 Å². The summed E-state index contributed by atoms with van der Waals surface area (Å²) in [4.78, 5) is 7.11. The van der Waals surface area contributed by atoms with Crippen LogP contribution in [0, 0.1) is 0 Å². The van der Waals surface area contributed by atoms with Crippen molar-refractivity contribution < 1.29 is 0 Å². The molecule has 1 aliphatic heterocycles. The molecule has 1 aromatic rings. The molecule has 2 heterocycles. The Morgan fingerprint density at radius 1 is 1.41 bits per heavy atom. The molecule has 4 heteroatoms. The van der Waals surface area contributed by atoms with Gasteiger partial charge in [0, 0.05) is 24.7 Å². The highest BCUT2D eigenvalue weighted by Crippen LogP contribution is 2.34. The molecule has 0 unspecified atom stereocenters. The van der Waals surface area contributed by atoms with Crippen LogP contribution < -0.4 is 5.32 Å². The molecule has 0 atom stereocenters. The van der Waals surface area contributed by atoms with Crippen LogP contribution in [-0.2, 0) is 5.54 Å². The Balaban J connectivity index is 2.05. The molecule has 1 aromatic heterocycles. The fourth-order valence-corrected chi connectivity index (χ4v) is 3.61. The molecule has 0 amide bonds. The summed E-state index contributed by atoms with van der Waals surface area (Å²) in [7, 11) is 0. The second-order valence-electron chi connectivity index (χ2n) is 4.79. The molecule has 0 saturated carbocycles. The molecule has 1 aliphatic rings. The van der Waals surface area contributed by atoms with Crippen molar-refractivity contribution in [3.8, 4) is 0 Å². The Morgan fingerprint density at radius 3 is 2.71 bits per heavy atom. The number of nitrogens with one attached hydrogen (secondary N) is 1. The van der Waals surface area contributed by atoms with Gasteiger partial charge in [-0.25, -0.2) is 4.98 Å². The smallest absolute Gasteiger partial charge is 0.113 e. The number of likely N-dealkylation sites (tertiary alicyclic amines) is 1. The quantitative estimate of drug-likeness (QED) is 0.873. The third kappa shape index (κ3) is 2.87. The first-order valence-corrected chi connectivity index (χ1v) is 7.56. The van der Waals surface area contributed by atoms with E-state index in [0.717, 1.165) is 6.54 Å². The van der Waals surface area contributed by atoms with E-state index < -0.39 is 0 Å². The fourth-order valence-electron chi connectivity index (χ4n) is 2.74. The van der Waals surface area contributed by atoms with Gasteiger partial charge in [0.2, 0.25) is 0 Å². The lowest BCUT2D eigenvalue weighted by Crippen LogP contribution is -2.51. The van der Waals surface area contributed by atoms with E-state index in [1.165, 1.54) is 43.9 Å². The van der Waals surface area contributed by atoms with Crippen molar-refractivity contribution in [1.29, 1.82) is 0 Å². The molecular formula is C13H23N3S. The Bertz CT molecular complexity index is 315. The van der Waals surface area contributed by atoms with E-state index in [4.69, 9.17) is 0 Å². The van der Waals surface area contributed by atoms with Crippen LogP contribution in [0.2, 0.25) is 0 Å². The predicted octanol–water partition coefficient (Wildman–Crippen LogP) is 2.45. The Kier molecular flexibility index (Phi) is 4.54. The molecule has 0 spiro atoms. The zero-order valence-electron chi connectivity index (χ0n) is 10.9. The molecular weight excluding hydrogens is 230 g/mol. The normalized spacial score (nSPS) is 20.6. The summed E-state index contributed by atoms with van der Waals surface area (Å²) in [6.45, 7) is 9.09. The summed E-state index contributed by atoms with van der Waals surface area (Å²) in [5.41, 5.74) is 0.146. The van der Waals surface area contributed by atoms with Crippen LogP contribution in [0.4, 0.5) is 0 Å². The zero-order valence-corrected chi connectivity index (χ0v) is 11.7. The molecule has 17 heavy (non-hydrogen) atoms. The monoisotopic (exact) mass is 253 g/mol. The maximum absolute atomic E-state index is 4.54. The van der Waals surface area contributed by atoms with E-state index in [0.29, 0.717) is 0 Å². The zero-order chi connectivity index (χ0) is 12.1. The highest BCUT2D eigenvalue weighted by atomic mass is 32.1. The first kappa shape index (κ1) is 13.0. The molecule has 1 saturated heterocycles. The highest BCUT2D eigenvalue weighted by Gasteiger charge is 2.37. The van der Waals surface area contributed by atoms with Gasteiger partial charge in [0.15, 0.2) is 0 Å². The first-order valence-electron chi connectivity index (χ1n) is 6.68. The molecule has 1 N–H and O–H groups in total. The summed E-state index contributed by atoms with van der Waals surface area (Å²) < 4.78 is 0.